The van der Waals surface area contributed by atoms with E-state index in [1.54, 1.807) is 0 Å². The third kappa shape index (κ3) is 4.01. The van der Waals surface area contributed by atoms with Crippen molar-refractivity contribution < 1.29 is 75.4 Å². The average molecular weight is 446 g/mol. The van der Waals surface area contributed by atoms with Crippen molar-refractivity contribution >= 4 is 0 Å². The van der Waals surface area contributed by atoms with Gasteiger partial charge in [0.2, 0.25) is 5.92 Å². The molecular formula is C10H6F16O. The Bertz CT molecular complexity index is 500. The van der Waals surface area contributed by atoms with Gasteiger partial charge in [0.25, 0.3) is 0 Å². The van der Waals surface area contributed by atoms with Crippen LogP contribution in [0, 0.1) is 5.92 Å². The zero-order valence-electron chi connectivity index (χ0n) is 12.0. The number of rotatable bonds is 7. The van der Waals surface area contributed by atoms with Gasteiger partial charge >= 0.3 is 42.0 Å². The molecule has 1 nitrogen and oxygen atoms in total. The lowest BCUT2D eigenvalue weighted by Gasteiger charge is -2.42. The molecule has 0 aromatic carbocycles. The molecule has 0 radical (unpaired) electrons. The van der Waals surface area contributed by atoms with Gasteiger partial charge in [0.1, 0.15) is 0 Å². The van der Waals surface area contributed by atoms with Crippen LogP contribution in [0.2, 0.25) is 0 Å². The fourth-order valence-electron chi connectivity index (χ4n) is 1.71. The summed E-state index contributed by atoms with van der Waals surface area (Å²) in [5, 5.41) is 8.00. The first kappa shape index (κ1) is 25.8. The van der Waals surface area contributed by atoms with E-state index in [0.717, 1.165) is 0 Å². The van der Waals surface area contributed by atoms with Crippen LogP contribution in [-0.2, 0) is 0 Å². The quantitative estimate of drug-likeness (QED) is 0.528. The van der Waals surface area contributed by atoms with E-state index in [4.69, 9.17) is 5.11 Å². The van der Waals surface area contributed by atoms with Crippen LogP contribution in [0.25, 0.3) is 0 Å². The van der Waals surface area contributed by atoms with Crippen molar-refractivity contribution in [2.24, 2.45) is 5.92 Å². The van der Waals surface area contributed by atoms with E-state index < -0.39 is 60.9 Å². The zero-order valence-corrected chi connectivity index (χ0v) is 12.0. The van der Waals surface area contributed by atoms with E-state index in [1.807, 2.05) is 0 Å². The summed E-state index contributed by atoms with van der Waals surface area (Å²) in [4.78, 5) is 0. The van der Waals surface area contributed by atoms with Gasteiger partial charge in [0, 0.05) is 13.0 Å². The van der Waals surface area contributed by atoms with E-state index in [-0.39, 0.29) is 0 Å². The molecule has 0 unspecified atom stereocenters. The van der Waals surface area contributed by atoms with Crippen molar-refractivity contribution in [1.82, 2.24) is 0 Å². The molecule has 0 aromatic heterocycles. The summed E-state index contributed by atoms with van der Waals surface area (Å²) in [6, 6.07) is 0. The Morgan fingerprint density at radius 1 is 0.519 bits per heavy atom. The van der Waals surface area contributed by atoms with Crippen LogP contribution in [-0.4, -0.2) is 53.7 Å². The first-order valence-electron chi connectivity index (χ1n) is 6.06. The van der Waals surface area contributed by atoms with Gasteiger partial charge in [-0.1, -0.05) is 0 Å². The summed E-state index contributed by atoms with van der Waals surface area (Å²) in [6.45, 7) is -2.10. The van der Waals surface area contributed by atoms with Crippen LogP contribution in [0.1, 0.15) is 6.42 Å². The second kappa shape index (κ2) is 6.72. The van der Waals surface area contributed by atoms with Crippen LogP contribution in [0.15, 0.2) is 0 Å². The van der Waals surface area contributed by atoms with E-state index in [1.165, 1.54) is 0 Å². The molecule has 0 aromatic rings. The van der Waals surface area contributed by atoms with E-state index in [0.29, 0.717) is 0 Å². The Morgan fingerprint density at radius 2 is 0.852 bits per heavy atom. The van der Waals surface area contributed by atoms with Crippen molar-refractivity contribution in [2.45, 2.75) is 48.4 Å². The van der Waals surface area contributed by atoms with Crippen molar-refractivity contribution in [3.8, 4) is 0 Å². The highest BCUT2D eigenvalue weighted by Gasteiger charge is 2.90. The highest BCUT2D eigenvalue weighted by molar-refractivity contribution is 5.11. The van der Waals surface area contributed by atoms with Gasteiger partial charge in [-0.2, -0.15) is 70.2 Å². The lowest BCUT2D eigenvalue weighted by atomic mass is 9.86. The number of aliphatic hydroxyl groups is 1. The molecule has 17 heteroatoms. The Hall–Kier alpha value is -1.16. The molecule has 0 aliphatic rings. The molecule has 0 amide bonds. The Labute approximate surface area is 137 Å². The van der Waals surface area contributed by atoms with Crippen molar-refractivity contribution in [2.75, 3.05) is 6.61 Å². The summed E-state index contributed by atoms with van der Waals surface area (Å²) in [5.74, 6) is -44.9. The number of hydrogen-bond acceptors (Lipinski definition) is 1. The van der Waals surface area contributed by atoms with Crippen LogP contribution in [0.4, 0.5) is 70.2 Å². The second-order valence-electron chi connectivity index (χ2n) is 5.04. The van der Waals surface area contributed by atoms with E-state index >= 15 is 0 Å². The Kier molecular flexibility index (Phi) is 6.43. The maximum Gasteiger partial charge on any atom is 0.406 e. The normalized spacial score (nSPS) is 16.2. The van der Waals surface area contributed by atoms with Crippen molar-refractivity contribution in [1.29, 1.82) is 0 Å². The predicted molar refractivity (Wildman–Crippen MR) is 52.0 cm³/mol. The average Bonchev–Trinajstić information content (AvgIpc) is 2.33. The molecule has 0 aliphatic carbocycles. The summed E-state index contributed by atoms with van der Waals surface area (Å²) in [5.41, 5.74) is 0. The summed E-state index contributed by atoms with van der Waals surface area (Å²) in [7, 11) is 0. The fourth-order valence-corrected chi connectivity index (χ4v) is 1.71. The molecule has 0 fully saturated rings. The van der Waals surface area contributed by atoms with E-state index in [2.05, 4.69) is 0 Å². The first-order chi connectivity index (χ1) is 11.4. The Morgan fingerprint density at radius 3 is 1.11 bits per heavy atom. The molecule has 164 valence electrons. The maximum absolute atomic E-state index is 13.2. The van der Waals surface area contributed by atoms with Gasteiger partial charge in [0.15, 0.2) is 0 Å². The predicted octanol–water partition coefficient (Wildman–Crippen LogP) is 5.29. The smallest absolute Gasteiger partial charge is 0.396 e. The van der Waals surface area contributed by atoms with Crippen LogP contribution >= 0.6 is 0 Å². The topological polar surface area (TPSA) is 20.2 Å². The van der Waals surface area contributed by atoms with Gasteiger partial charge < -0.3 is 5.11 Å². The molecule has 0 rings (SSSR count). The van der Waals surface area contributed by atoms with Crippen molar-refractivity contribution in [3.05, 3.63) is 0 Å². The maximum atomic E-state index is 13.2. The number of halogens is 16. The first-order valence-corrected chi connectivity index (χ1v) is 6.06. The molecule has 1 N–H and O–H groups in total. The molecule has 0 saturated carbocycles. The molecule has 0 bridgehead atoms. The zero-order chi connectivity index (χ0) is 22.5. The SMILES string of the molecule is OCCC(F)(F)C(F)(F)C(F)(F)C(F)(F)C(F)(F)C(C(F)(F)F)C(F)(F)F. The van der Waals surface area contributed by atoms with Gasteiger partial charge in [-0.3, -0.25) is 0 Å². The minimum absolute atomic E-state index is 2.10. The third-order valence-electron chi connectivity index (χ3n) is 3.11. The van der Waals surface area contributed by atoms with Gasteiger partial charge in [-0.15, -0.1) is 0 Å². The fraction of sp³-hybridized carbons (Fsp3) is 1.00. The second-order valence-corrected chi connectivity index (χ2v) is 5.04. The standard InChI is InChI=1S/C10H6F16O/c11-4(12,1-2-27)8(21,22)10(25,26)9(23,24)5(13,14)3(6(15,16)17)7(18,19)20/h3,27H,1-2H2. The summed E-state index contributed by atoms with van der Waals surface area (Å²) < 4.78 is 204. The minimum atomic E-state index is -8.25. The van der Waals surface area contributed by atoms with Crippen LogP contribution in [0.5, 0.6) is 0 Å². The lowest BCUT2D eigenvalue weighted by Crippen LogP contribution is -2.71. The highest BCUT2D eigenvalue weighted by atomic mass is 19.4. The molecule has 0 saturated heterocycles. The molecule has 27 heavy (non-hydrogen) atoms. The van der Waals surface area contributed by atoms with Gasteiger partial charge in [-0.05, 0) is 0 Å². The number of alkyl halides is 16. The van der Waals surface area contributed by atoms with Gasteiger partial charge in [0.05, 0.1) is 0 Å². The Balaban J connectivity index is 6.58. The monoisotopic (exact) mass is 446 g/mol. The molecular weight excluding hydrogens is 440 g/mol. The molecule has 0 atom stereocenters. The van der Waals surface area contributed by atoms with Crippen LogP contribution in [0.3, 0.4) is 0 Å². The molecule has 0 heterocycles. The van der Waals surface area contributed by atoms with Crippen LogP contribution < -0.4 is 0 Å². The largest absolute Gasteiger partial charge is 0.406 e. The summed E-state index contributed by atoms with van der Waals surface area (Å²) in [6.07, 6.45) is -17.5. The summed E-state index contributed by atoms with van der Waals surface area (Å²) >= 11 is 0. The third-order valence-corrected chi connectivity index (χ3v) is 3.11. The molecule has 0 spiro atoms. The molecule has 0 aliphatic heterocycles. The number of aliphatic hydroxyl groups excluding tert-OH is 1. The highest BCUT2D eigenvalue weighted by Crippen LogP contribution is 2.62. The number of hydrogen-bond donors (Lipinski definition) is 1. The van der Waals surface area contributed by atoms with E-state index in [9.17, 15) is 70.2 Å². The lowest BCUT2D eigenvalue weighted by molar-refractivity contribution is -0.438. The van der Waals surface area contributed by atoms with Gasteiger partial charge in [-0.25, -0.2) is 0 Å². The minimum Gasteiger partial charge on any atom is -0.396 e. The van der Waals surface area contributed by atoms with Crippen molar-refractivity contribution in [3.63, 3.8) is 0 Å².